The highest BCUT2D eigenvalue weighted by atomic mass is 16.5. The molecule has 2 heterocycles. The number of nitrogens with zero attached hydrogens (tertiary/aromatic N) is 1. The van der Waals surface area contributed by atoms with Crippen molar-refractivity contribution in [1.29, 1.82) is 0 Å². The van der Waals surface area contributed by atoms with Crippen LogP contribution in [0, 0.1) is 5.92 Å². The molecule has 2 rings (SSSR count). The standard InChI is InChI=1S/C10H20N2O/c11-7-9-1-4-12(5-2-9)10-3-6-13-8-10/h9-10H,1-8,11H2. The molecule has 76 valence electrons. The number of piperidine rings is 1. The predicted octanol–water partition coefficient (Wildman–Crippen LogP) is 0.446. The molecule has 0 saturated carbocycles. The fourth-order valence-corrected chi connectivity index (χ4v) is 2.36. The number of ether oxygens (including phenoxy) is 1. The van der Waals surface area contributed by atoms with Gasteiger partial charge < -0.3 is 10.5 Å². The van der Waals surface area contributed by atoms with Gasteiger partial charge in [-0.25, -0.2) is 0 Å². The molecule has 3 nitrogen and oxygen atoms in total. The third-order valence-corrected chi connectivity index (χ3v) is 3.40. The van der Waals surface area contributed by atoms with Gasteiger partial charge in [-0.1, -0.05) is 0 Å². The highest BCUT2D eigenvalue weighted by Gasteiger charge is 2.26. The van der Waals surface area contributed by atoms with E-state index in [0.29, 0.717) is 6.04 Å². The zero-order valence-corrected chi connectivity index (χ0v) is 8.24. The van der Waals surface area contributed by atoms with Gasteiger partial charge in [-0.3, -0.25) is 4.90 Å². The molecule has 2 aliphatic rings. The zero-order chi connectivity index (χ0) is 9.10. The van der Waals surface area contributed by atoms with Crippen molar-refractivity contribution < 1.29 is 4.74 Å². The van der Waals surface area contributed by atoms with E-state index in [1.807, 2.05) is 0 Å². The minimum absolute atomic E-state index is 0.707. The molecule has 0 spiro atoms. The van der Waals surface area contributed by atoms with E-state index in [-0.39, 0.29) is 0 Å². The molecule has 1 unspecified atom stereocenters. The van der Waals surface area contributed by atoms with Gasteiger partial charge in [0.15, 0.2) is 0 Å². The minimum atomic E-state index is 0.707. The lowest BCUT2D eigenvalue weighted by molar-refractivity contribution is 0.111. The van der Waals surface area contributed by atoms with Crippen molar-refractivity contribution in [3.63, 3.8) is 0 Å². The molecule has 0 aromatic rings. The van der Waals surface area contributed by atoms with Crippen molar-refractivity contribution in [2.75, 3.05) is 32.8 Å². The molecule has 0 radical (unpaired) electrons. The second kappa shape index (κ2) is 4.40. The fourth-order valence-electron chi connectivity index (χ4n) is 2.36. The number of hydrogen-bond donors (Lipinski definition) is 1. The number of hydrogen-bond acceptors (Lipinski definition) is 3. The molecule has 0 bridgehead atoms. The molecule has 0 amide bonds. The van der Waals surface area contributed by atoms with Crippen LogP contribution in [0.25, 0.3) is 0 Å². The van der Waals surface area contributed by atoms with Crippen LogP contribution < -0.4 is 5.73 Å². The van der Waals surface area contributed by atoms with Crippen LogP contribution in [0.2, 0.25) is 0 Å². The molecular weight excluding hydrogens is 164 g/mol. The Morgan fingerprint density at radius 2 is 2.00 bits per heavy atom. The second-order valence-corrected chi connectivity index (χ2v) is 4.23. The van der Waals surface area contributed by atoms with Gasteiger partial charge in [0.25, 0.3) is 0 Å². The van der Waals surface area contributed by atoms with E-state index < -0.39 is 0 Å². The summed E-state index contributed by atoms with van der Waals surface area (Å²) in [6.07, 6.45) is 3.80. The van der Waals surface area contributed by atoms with Gasteiger partial charge in [-0.05, 0) is 44.8 Å². The highest BCUT2D eigenvalue weighted by molar-refractivity contribution is 4.80. The van der Waals surface area contributed by atoms with Gasteiger partial charge in [0, 0.05) is 12.6 Å². The summed E-state index contributed by atoms with van der Waals surface area (Å²) in [5.41, 5.74) is 5.66. The largest absolute Gasteiger partial charge is 0.380 e. The van der Waals surface area contributed by atoms with E-state index >= 15 is 0 Å². The summed E-state index contributed by atoms with van der Waals surface area (Å²) in [6.45, 7) is 5.25. The molecule has 13 heavy (non-hydrogen) atoms. The third-order valence-electron chi connectivity index (χ3n) is 3.40. The van der Waals surface area contributed by atoms with Crippen LogP contribution in [0.3, 0.4) is 0 Å². The highest BCUT2D eigenvalue weighted by Crippen LogP contribution is 2.21. The van der Waals surface area contributed by atoms with Gasteiger partial charge in [-0.2, -0.15) is 0 Å². The first-order valence-corrected chi connectivity index (χ1v) is 5.42. The maximum absolute atomic E-state index is 5.66. The summed E-state index contributed by atoms with van der Waals surface area (Å²) in [5, 5.41) is 0. The van der Waals surface area contributed by atoms with Crippen LogP contribution in [-0.2, 0) is 4.74 Å². The van der Waals surface area contributed by atoms with Gasteiger partial charge in [-0.15, -0.1) is 0 Å². The summed E-state index contributed by atoms with van der Waals surface area (Å²) in [6, 6.07) is 0.707. The maximum atomic E-state index is 5.66. The minimum Gasteiger partial charge on any atom is -0.380 e. The Bertz CT molecular complexity index is 149. The Labute approximate surface area is 80.2 Å². The summed E-state index contributed by atoms with van der Waals surface area (Å²) < 4.78 is 5.40. The van der Waals surface area contributed by atoms with Gasteiger partial charge >= 0.3 is 0 Å². The van der Waals surface area contributed by atoms with Crippen molar-refractivity contribution >= 4 is 0 Å². The van der Waals surface area contributed by atoms with Crippen molar-refractivity contribution in [3.05, 3.63) is 0 Å². The van der Waals surface area contributed by atoms with E-state index in [1.54, 1.807) is 0 Å². The van der Waals surface area contributed by atoms with E-state index in [2.05, 4.69) is 4.90 Å². The SMILES string of the molecule is NCC1CCN(C2CCOC2)CC1. The Hall–Kier alpha value is -0.120. The topological polar surface area (TPSA) is 38.5 Å². The average molecular weight is 184 g/mol. The van der Waals surface area contributed by atoms with Crippen molar-refractivity contribution in [2.24, 2.45) is 11.7 Å². The quantitative estimate of drug-likeness (QED) is 0.677. The van der Waals surface area contributed by atoms with Crippen LogP contribution in [0.1, 0.15) is 19.3 Å². The van der Waals surface area contributed by atoms with Crippen LogP contribution in [0.4, 0.5) is 0 Å². The molecule has 2 saturated heterocycles. The number of nitrogens with two attached hydrogens (primary N) is 1. The summed E-state index contributed by atoms with van der Waals surface area (Å²) >= 11 is 0. The second-order valence-electron chi connectivity index (χ2n) is 4.23. The van der Waals surface area contributed by atoms with E-state index in [1.165, 1.54) is 32.4 Å². The molecule has 1 atom stereocenters. The molecule has 3 heteroatoms. The van der Waals surface area contributed by atoms with Gasteiger partial charge in [0.05, 0.1) is 6.61 Å². The van der Waals surface area contributed by atoms with Crippen LogP contribution in [0.5, 0.6) is 0 Å². The molecule has 0 aromatic heterocycles. The van der Waals surface area contributed by atoms with Gasteiger partial charge in [0.2, 0.25) is 0 Å². The number of likely N-dealkylation sites (tertiary alicyclic amines) is 1. The smallest absolute Gasteiger partial charge is 0.0622 e. The Morgan fingerprint density at radius 1 is 1.23 bits per heavy atom. The lowest BCUT2D eigenvalue weighted by atomic mass is 9.96. The molecule has 2 fully saturated rings. The Morgan fingerprint density at radius 3 is 2.54 bits per heavy atom. The van der Waals surface area contributed by atoms with Crippen molar-refractivity contribution in [3.8, 4) is 0 Å². The molecule has 2 N–H and O–H groups in total. The lowest BCUT2D eigenvalue weighted by Crippen LogP contribution is -2.42. The monoisotopic (exact) mass is 184 g/mol. The van der Waals surface area contributed by atoms with Crippen LogP contribution in [-0.4, -0.2) is 43.8 Å². The summed E-state index contributed by atoms with van der Waals surface area (Å²) in [4.78, 5) is 2.58. The van der Waals surface area contributed by atoms with E-state index in [9.17, 15) is 0 Å². The summed E-state index contributed by atoms with van der Waals surface area (Å²) in [7, 11) is 0. The molecular formula is C10H20N2O. The summed E-state index contributed by atoms with van der Waals surface area (Å²) in [5.74, 6) is 0.776. The Kier molecular flexibility index (Phi) is 3.19. The zero-order valence-electron chi connectivity index (χ0n) is 8.24. The van der Waals surface area contributed by atoms with Crippen molar-refractivity contribution in [1.82, 2.24) is 4.90 Å². The van der Waals surface area contributed by atoms with Crippen LogP contribution >= 0.6 is 0 Å². The molecule has 2 aliphatic heterocycles. The maximum Gasteiger partial charge on any atom is 0.0622 e. The molecule has 0 aliphatic carbocycles. The average Bonchev–Trinajstić information content (AvgIpc) is 2.71. The predicted molar refractivity (Wildman–Crippen MR) is 52.6 cm³/mol. The lowest BCUT2D eigenvalue weighted by Gasteiger charge is -2.34. The first-order valence-electron chi connectivity index (χ1n) is 5.42. The van der Waals surface area contributed by atoms with Gasteiger partial charge in [0.1, 0.15) is 0 Å². The Balaban J connectivity index is 1.77. The normalized spacial score (nSPS) is 32.5. The first kappa shape index (κ1) is 9.44. The van der Waals surface area contributed by atoms with Crippen molar-refractivity contribution in [2.45, 2.75) is 25.3 Å². The first-order chi connectivity index (χ1) is 6.40. The van der Waals surface area contributed by atoms with Crippen LogP contribution in [0.15, 0.2) is 0 Å². The fraction of sp³-hybridized carbons (Fsp3) is 1.00. The molecule has 0 aromatic carbocycles. The number of rotatable bonds is 2. The third kappa shape index (κ3) is 2.22. The van der Waals surface area contributed by atoms with E-state index in [4.69, 9.17) is 10.5 Å². The van der Waals surface area contributed by atoms with E-state index in [0.717, 1.165) is 25.7 Å².